The zero-order chi connectivity index (χ0) is 13.7. The average molecular weight is 277 g/mol. The minimum absolute atomic E-state index is 0.0367. The molecule has 0 aliphatic rings. The second-order valence-electron chi connectivity index (χ2n) is 4.09. The van der Waals surface area contributed by atoms with Gasteiger partial charge in [0.25, 0.3) is 5.76 Å². The van der Waals surface area contributed by atoms with Crippen molar-refractivity contribution >= 4 is 23.7 Å². The Hall–Kier alpha value is -1.18. The molecule has 0 unspecified atom stereocenters. The first-order chi connectivity index (χ1) is 8.42. The van der Waals surface area contributed by atoms with Crippen LogP contribution >= 0.6 is 11.8 Å². The minimum Gasteiger partial charge on any atom is -0.368 e. The van der Waals surface area contributed by atoms with Crippen molar-refractivity contribution in [2.45, 2.75) is 31.7 Å². The van der Waals surface area contributed by atoms with Gasteiger partial charge in [0.1, 0.15) is 0 Å². The van der Waals surface area contributed by atoms with Crippen LogP contribution in [0.4, 0.5) is 20.7 Å². The van der Waals surface area contributed by atoms with Crippen LogP contribution < -0.4 is 10.6 Å². The summed E-state index contributed by atoms with van der Waals surface area (Å²) in [6.45, 7) is 7.48. The molecule has 0 amide bonds. The van der Waals surface area contributed by atoms with Gasteiger partial charge in [-0.15, -0.1) is 0 Å². The Morgan fingerprint density at radius 3 is 2.44 bits per heavy atom. The summed E-state index contributed by atoms with van der Waals surface area (Å²) in [6, 6.07) is 0. The molecule has 0 spiro atoms. The first kappa shape index (κ1) is 14.9. The number of nitrogen functional groups attached to an aromatic ring is 1. The molecule has 0 saturated heterocycles. The van der Waals surface area contributed by atoms with Crippen LogP contribution in [0, 0.1) is 5.92 Å². The lowest BCUT2D eigenvalue weighted by Crippen LogP contribution is -2.29. The van der Waals surface area contributed by atoms with Crippen molar-refractivity contribution in [1.82, 2.24) is 15.0 Å². The van der Waals surface area contributed by atoms with Crippen LogP contribution in [-0.4, -0.2) is 33.8 Å². The molecule has 0 saturated carbocycles. The predicted molar refractivity (Wildman–Crippen MR) is 68.8 cm³/mol. The van der Waals surface area contributed by atoms with E-state index in [9.17, 15) is 8.78 Å². The van der Waals surface area contributed by atoms with Crippen LogP contribution in [0.25, 0.3) is 0 Å². The Morgan fingerprint density at radius 1 is 1.28 bits per heavy atom. The van der Waals surface area contributed by atoms with Crippen molar-refractivity contribution in [2.24, 2.45) is 5.92 Å². The van der Waals surface area contributed by atoms with E-state index in [1.807, 2.05) is 11.8 Å². The van der Waals surface area contributed by atoms with Crippen molar-refractivity contribution in [2.75, 3.05) is 23.7 Å². The van der Waals surface area contributed by atoms with E-state index >= 15 is 0 Å². The van der Waals surface area contributed by atoms with Gasteiger partial charge in [-0.05, 0) is 24.6 Å². The highest BCUT2D eigenvalue weighted by Crippen LogP contribution is 2.23. The molecule has 5 nitrogen and oxygen atoms in total. The zero-order valence-corrected chi connectivity index (χ0v) is 11.4. The first-order valence-electron chi connectivity index (χ1n) is 5.63. The minimum atomic E-state index is -2.57. The van der Waals surface area contributed by atoms with Gasteiger partial charge in [0.15, 0.2) is 5.16 Å². The Balaban J connectivity index is 2.95. The largest absolute Gasteiger partial charge is 0.368 e. The summed E-state index contributed by atoms with van der Waals surface area (Å²) in [4.78, 5) is 13.6. The van der Waals surface area contributed by atoms with Gasteiger partial charge >= 0.3 is 0 Å². The average Bonchev–Trinajstić information content (AvgIpc) is 2.23. The van der Waals surface area contributed by atoms with Gasteiger partial charge in [-0.3, -0.25) is 0 Å². The van der Waals surface area contributed by atoms with E-state index in [4.69, 9.17) is 5.73 Å². The van der Waals surface area contributed by atoms with Gasteiger partial charge in [-0.1, -0.05) is 13.8 Å². The quantitative estimate of drug-likeness (QED) is 0.804. The maximum Gasteiger partial charge on any atom is 0.291 e. The Labute approximate surface area is 109 Å². The molecule has 1 aromatic heterocycles. The number of alkyl halides is 2. The van der Waals surface area contributed by atoms with Gasteiger partial charge in [-0.2, -0.15) is 23.7 Å². The molecule has 102 valence electrons. The van der Waals surface area contributed by atoms with E-state index in [1.54, 1.807) is 0 Å². The molecular formula is C10H17F2N5S. The normalized spacial score (nSPS) is 11.3. The lowest BCUT2D eigenvalue weighted by Gasteiger charge is -2.22. The van der Waals surface area contributed by atoms with E-state index in [-0.39, 0.29) is 22.9 Å². The highest BCUT2D eigenvalue weighted by atomic mass is 32.2. The Bertz CT molecular complexity index is 389. The summed E-state index contributed by atoms with van der Waals surface area (Å²) in [5.41, 5.74) is 5.51. The summed E-state index contributed by atoms with van der Waals surface area (Å²) in [6.07, 6.45) is 0. The third-order valence-electron chi connectivity index (χ3n) is 2.06. The molecule has 18 heavy (non-hydrogen) atoms. The number of anilines is 2. The highest BCUT2D eigenvalue weighted by molar-refractivity contribution is 7.99. The number of nitrogens with two attached hydrogens (primary N) is 1. The van der Waals surface area contributed by atoms with E-state index in [2.05, 4.69) is 28.8 Å². The van der Waals surface area contributed by atoms with Crippen LogP contribution in [0.1, 0.15) is 20.8 Å². The van der Waals surface area contributed by atoms with E-state index in [0.717, 1.165) is 6.54 Å². The monoisotopic (exact) mass is 277 g/mol. The first-order valence-corrected chi connectivity index (χ1v) is 6.51. The summed E-state index contributed by atoms with van der Waals surface area (Å²) in [5, 5.41) is -0.0466. The molecule has 0 fully saturated rings. The third-order valence-corrected chi connectivity index (χ3v) is 2.64. The molecule has 0 aliphatic heterocycles. The molecular weight excluding hydrogens is 260 g/mol. The molecule has 1 heterocycles. The van der Waals surface area contributed by atoms with Gasteiger partial charge < -0.3 is 10.6 Å². The highest BCUT2D eigenvalue weighted by Gasteiger charge is 2.15. The van der Waals surface area contributed by atoms with Crippen molar-refractivity contribution in [1.29, 1.82) is 0 Å². The summed E-state index contributed by atoms with van der Waals surface area (Å²) >= 11 is 0.271. The van der Waals surface area contributed by atoms with Crippen molar-refractivity contribution in [3.63, 3.8) is 0 Å². The molecule has 2 N–H and O–H groups in total. The topological polar surface area (TPSA) is 67.9 Å². The fourth-order valence-electron chi connectivity index (χ4n) is 1.43. The summed E-state index contributed by atoms with van der Waals surface area (Å²) < 4.78 is 24.6. The number of aromatic nitrogens is 3. The summed E-state index contributed by atoms with van der Waals surface area (Å²) in [7, 11) is 0. The van der Waals surface area contributed by atoms with E-state index < -0.39 is 5.76 Å². The SMILES string of the molecule is CCN(CC(C)C)c1nc(N)nc(SC(F)F)n1. The van der Waals surface area contributed by atoms with Gasteiger partial charge in [-0.25, -0.2) is 0 Å². The molecule has 0 aromatic carbocycles. The molecule has 0 atom stereocenters. The number of hydrogen-bond donors (Lipinski definition) is 1. The molecule has 0 radical (unpaired) electrons. The lowest BCUT2D eigenvalue weighted by atomic mass is 10.2. The van der Waals surface area contributed by atoms with Crippen molar-refractivity contribution in [3.05, 3.63) is 0 Å². The van der Waals surface area contributed by atoms with E-state index in [0.29, 0.717) is 18.4 Å². The molecule has 1 aromatic rings. The number of nitrogens with zero attached hydrogens (tertiary/aromatic N) is 4. The van der Waals surface area contributed by atoms with Crippen LogP contribution in [0.2, 0.25) is 0 Å². The number of thioether (sulfide) groups is 1. The van der Waals surface area contributed by atoms with Crippen LogP contribution in [0.15, 0.2) is 5.16 Å². The maximum atomic E-state index is 12.3. The molecule has 8 heteroatoms. The van der Waals surface area contributed by atoms with Crippen molar-refractivity contribution < 1.29 is 8.78 Å². The third kappa shape index (κ3) is 4.59. The van der Waals surface area contributed by atoms with Crippen molar-refractivity contribution in [3.8, 4) is 0 Å². The molecule has 1 rings (SSSR count). The number of hydrogen-bond acceptors (Lipinski definition) is 6. The van der Waals surface area contributed by atoms with Crippen LogP contribution in [0.3, 0.4) is 0 Å². The Morgan fingerprint density at radius 2 is 1.94 bits per heavy atom. The van der Waals surface area contributed by atoms with Gasteiger partial charge in [0.05, 0.1) is 0 Å². The number of rotatable bonds is 6. The zero-order valence-electron chi connectivity index (χ0n) is 10.6. The maximum absolute atomic E-state index is 12.3. The smallest absolute Gasteiger partial charge is 0.291 e. The predicted octanol–water partition coefficient (Wildman–Crippen LogP) is 2.25. The van der Waals surface area contributed by atoms with Crippen LogP contribution in [-0.2, 0) is 0 Å². The number of halogens is 2. The lowest BCUT2D eigenvalue weighted by molar-refractivity contribution is 0.251. The molecule has 0 aliphatic carbocycles. The fraction of sp³-hybridized carbons (Fsp3) is 0.700. The Kier molecular flexibility index (Phi) is 5.52. The standard InChI is InChI=1S/C10H17F2N5S/c1-4-17(5-6(2)3)9-14-8(13)15-10(16-9)18-7(11)12/h6-7H,4-5H2,1-3H3,(H2,13,14,15,16). The second kappa shape index (κ2) is 6.67. The van der Waals surface area contributed by atoms with Gasteiger partial charge in [0, 0.05) is 13.1 Å². The fourth-order valence-corrected chi connectivity index (χ4v) is 1.87. The van der Waals surface area contributed by atoms with E-state index in [1.165, 1.54) is 0 Å². The van der Waals surface area contributed by atoms with Gasteiger partial charge in [0.2, 0.25) is 11.9 Å². The molecule has 0 bridgehead atoms. The second-order valence-corrected chi connectivity index (χ2v) is 5.04. The summed E-state index contributed by atoms with van der Waals surface area (Å²) in [5.74, 6) is -1.85. The van der Waals surface area contributed by atoms with Crippen LogP contribution in [0.5, 0.6) is 0 Å².